The maximum Gasteiger partial charge on any atom is 0.315 e. The summed E-state index contributed by atoms with van der Waals surface area (Å²) in [7, 11) is 3.35. The number of methoxy groups -OCH3 is 1. The Morgan fingerprint density at radius 1 is 1.26 bits per heavy atom. The molecule has 2 N–H and O–H groups in total. The first kappa shape index (κ1) is 14.9. The number of nitrogens with one attached hydrogen (secondary N) is 2. The Kier molecular flexibility index (Phi) is 4.13. The average Bonchev–Trinajstić information content (AvgIpc) is 3.13. The van der Waals surface area contributed by atoms with Gasteiger partial charge in [0.05, 0.1) is 31.5 Å². The van der Waals surface area contributed by atoms with Crippen molar-refractivity contribution < 1.29 is 9.53 Å². The van der Waals surface area contributed by atoms with Crippen LogP contribution in [0.25, 0.3) is 5.65 Å². The van der Waals surface area contributed by atoms with Gasteiger partial charge in [-0.1, -0.05) is 6.07 Å². The van der Waals surface area contributed by atoms with E-state index in [0.717, 1.165) is 16.9 Å². The van der Waals surface area contributed by atoms with E-state index < -0.39 is 0 Å². The molecule has 0 bridgehead atoms. The molecular weight excluding hydrogens is 296 g/mol. The lowest BCUT2D eigenvalue weighted by Gasteiger charge is -2.06. The highest BCUT2D eigenvalue weighted by atomic mass is 16.5. The van der Waals surface area contributed by atoms with Gasteiger partial charge in [0.1, 0.15) is 5.65 Å². The van der Waals surface area contributed by atoms with Crippen LogP contribution in [0.15, 0.2) is 36.8 Å². The fraction of sp³-hybridized carbons (Fsp3) is 0.267. The van der Waals surface area contributed by atoms with E-state index in [4.69, 9.17) is 4.74 Å². The lowest BCUT2D eigenvalue weighted by Crippen LogP contribution is -2.34. The number of imidazole rings is 1. The van der Waals surface area contributed by atoms with Gasteiger partial charge in [0, 0.05) is 25.6 Å². The largest absolute Gasteiger partial charge is 0.480 e. The zero-order valence-corrected chi connectivity index (χ0v) is 13.0. The molecule has 3 rings (SSSR count). The molecule has 0 aliphatic heterocycles. The zero-order valence-electron chi connectivity index (χ0n) is 13.0. The fourth-order valence-corrected chi connectivity index (χ4v) is 2.29. The van der Waals surface area contributed by atoms with Crippen LogP contribution >= 0.6 is 0 Å². The van der Waals surface area contributed by atoms with Gasteiger partial charge < -0.3 is 19.8 Å². The zero-order chi connectivity index (χ0) is 16.2. The van der Waals surface area contributed by atoms with Gasteiger partial charge in [0.2, 0.25) is 5.88 Å². The van der Waals surface area contributed by atoms with Gasteiger partial charge in [0.25, 0.3) is 0 Å². The quantitative estimate of drug-likeness (QED) is 0.738. The first-order valence-corrected chi connectivity index (χ1v) is 7.16. The first-order chi connectivity index (χ1) is 11.2. The minimum absolute atomic E-state index is 0.270. The molecule has 8 nitrogen and oxygen atoms in total. The molecule has 0 atom stereocenters. The normalized spacial score (nSPS) is 10.7. The smallest absolute Gasteiger partial charge is 0.315 e. The first-order valence-electron chi connectivity index (χ1n) is 7.16. The predicted molar refractivity (Wildman–Crippen MR) is 84.0 cm³/mol. The molecule has 0 fully saturated rings. The second kappa shape index (κ2) is 6.39. The molecule has 3 aromatic rings. The molecule has 8 heteroatoms. The molecule has 120 valence electrons. The van der Waals surface area contributed by atoms with Crippen molar-refractivity contribution in [2.75, 3.05) is 7.11 Å². The number of amides is 2. The van der Waals surface area contributed by atoms with E-state index in [1.165, 1.54) is 0 Å². The maximum atomic E-state index is 11.9. The van der Waals surface area contributed by atoms with Crippen molar-refractivity contribution in [3.05, 3.63) is 48.0 Å². The minimum atomic E-state index is -0.270. The SMILES string of the molecule is COc1nn(C)cc1CNC(=O)NCc1cn2ccccc2n1. The molecule has 2 amide bonds. The molecule has 0 radical (unpaired) electrons. The number of rotatable bonds is 5. The number of ether oxygens (including phenoxy) is 1. The molecular formula is C15H18N6O2. The number of pyridine rings is 1. The van der Waals surface area contributed by atoms with Gasteiger partial charge in [-0.25, -0.2) is 9.78 Å². The summed E-state index contributed by atoms with van der Waals surface area (Å²) in [6.07, 6.45) is 5.61. The van der Waals surface area contributed by atoms with Crippen LogP contribution in [0.2, 0.25) is 0 Å². The minimum Gasteiger partial charge on any atom is -0.480 e. The Bertz CT molecular complexity index is 789. The summed E-state index contributed by atoms with van der Waals surface area (Å²) in [6, 6.07) is 5.50. The van der Waals surface area contributed by atoms with E-state index in [1.54, 1.807) is 25.0 Å². The van der Waals surface area contributed by atoms with Gasteiger partial charge in [-0.2, -0.15) is 0 Å². The maximum absolute atomic E-state index is 11.9. The van der Waals surface area contributed by atoms with Gasteiger partial charge in [0.15, 0.2) is 0 Å². The Balaban J connectivity index is 1.53. The Morgan fingerprint density at radius 3 is 2.87 bits per heavy atom. The Labute approximate surface area is 133 Å². The number of carbonyl (C=O) groups excluding carboxylic acids is 1. The summed E-state index contributed by atoms with van der Waals surface area (Å²) >= 11 is 0. The lowest BCUT2D eigenvalue weighted by atomic mass is 10.3. The number of urea groups is 1. The van der Waals surface area contributed by atoms with Crippen LogP contribution in [0.5, 0.6) is 5.88 Å². The van der Waals surface area contributed by atoms with Crippen molar-refractivity contribution in [2.45, 2.75) is 13.1 Å². The topological polar surface area (TPSA) is 85.5 Å². The van der Waals surface area contributed by atoms with Crippen molar-refractivity contribution in [2.24, 2.45) is 7.05 Å². The van der Waals surface area contributed by atoms with E-state index in [-0.39, 0.29) is 6.03 Å². The number of aromatic nitrogens is 4. The highest BCUT2D eigenvalue weighted by Crippen LogP contribution is 2.13. The summed E-state index contributed by atoms with van der Waals surface area (Å²) in [4.78, 5) is 16.3. The Hall–Kier alpha value is -3.03. The van der Waals surface area contributed by atoms with E-state index >= 15 is 0 Å². The van der Waals surface area contributed by atoms with E-state index in [2.05, 4.69) is 20.7 Å². The van der Waals surface area contributed by atoms with Gasteiger partial charge >= 0.3 is 6.03 Å². The van der Waals surface area contributed by atoms with E-state index in [1.807, 2.05) is 35.0 Å². The fourth-order valence-electron chi connectivity index (χ4n) is 2.29. The van der Waals surface area contributed by atoms with E-state index in [0.29, 0.717) is 19.0 Å². The van der Waals surface area contributed by atoms with Crippen molar-refractivity contribution in [3.8, 4) is 5.88 Å². The standard InChI is InChI=1S/C15H18N6O2/c1-20-9-11(14(19-20)23-2)7-16-15(22)17-8-12-10-21-6-4-3-5-13(21)18-12/h3-6,9-10H,7-8H2,1-2H3,(H2,16,17,22). The van der Waals surface area contributed by atoms with Gasteiger partial charge in [-0.15, -0.1) is 5.10 Å². The number of carbonyl (C=O) groups is 1. The summed E-state index contributed by atoms with van der Waals surface area (Å²) < 4.78 is 8.70. The van der Waals surface area contributed by atoms with Crippen LogP contribution < -0.4 is 15.4 Å². The van der Waals surface area contributed by atoms with Crippen LogP contribution in [0, 0.1) is 0 Å². The number of fused-ring (bicyclic) bond motifs is 1. The van der Waals surface area contributed by atoms with Crippen LogP contribution in [0.1, 0.15) is 11.3 Å². The van der Waals surface area contributed by atoms with Crippen LogP contribution in [0.3, 0.4) is 0 Å². The Morgan fingerprint density at radius 2 is 2.09 bits per heavy atom. The summed E-state index contributed by atoms with van der Waals surface area (Å²) in [5, 5.41) is 9.69. The molecule has 23 heavy (non-hydrogen) atoms. The number of hydrogen-bond acceptors (Lipinski definition) is 4. The van der Waals surface area contributed by atoms with Crippen LogP contribution in [0.4, 0.5) is 4.79 Å². The molecule has 0 saturated heterocycles. The molecule has 0 aromatic carbocycles. The molecule has 0 aliphatic rings. The van der Waals surface area contributed by atoms with Crippen molar-refractivity contribution in [3.63, 3.8) is 0 Å². The molecule has 0 unspecified atom stereocenters. The molecule has 0 aliphatic carbocycles. The third kappa shape index (κ3) is 3.42. The average molecular weight is 314 g/mol. The molecule has 0 saturated carbocycles. The summed E-state index contributed by atoms with van der Waals surface area (Å²) in [5.41, 5.74) is 2.47. The number of nitrogens with zero attached hydrogens (tertiary/aromatic N) is 4. The van der Waals surface area contributed by atoms with Crippen LogP contribution in [-0.4, -0.2) is 32.3 Å². The summed E-state index contributed by atoms with van der Waals surface area (Å²) in [6.45, 7) is 0.700. The van der Waals surface area contributed by atoms with Gasteiger partial charge in [-0.05, 0) is 12.1 Å². The molecule has 3 heterocycles. The van der Waals surface area contributed by atoms with Gasteiger partial charge in [-0.3, -0.25) is 4.68 Å². The molecule has 0 spiro atoms. The second-order valence-electron chi connectivity index (χ2n) is 5.07. The van der Waals surface area contributed by atoms with Crippen LogP contribution in [-0.2, 0) is 20.1 Å². The lowest BCUT2D eigenvalue weighted by molar-refractivity contribution is 0.240. The molecule has 3 aromatic heterocycles. The van der Waals surface area contributed by atoms with Crippen molar-refractivity contribution >= 4 is 11.7 Å². The predicted octanol–water partition coefficient (Wildman–Crippen LogP) is 1.08. The highest BCUT2D eigenvalue weighted by molar-refractivity contribution is 5.73. The third-order valence-corrected chi connectivity index (χ3v) is 3.34. The van der Waals surface area contributed by atoms with Crippen molar-refractivity contribution in [1.29, 1.82) is 0 Å². The second-order valence-corrected chi connectivity index (χ2v) is 5.07. The monoisotopic (exact) mass is 314 g/mol. The number of aryl methyl sites for hydroxylation is 1. The van der Waals surface area contributed by atoms with E-state index in [9.17, 15) is 4.79 Å². The highest BCUT2D eigenvalue weighted by Gasteiger charge is 2.09. The summed E-state index contributed by atoms with van der Waals surface area (Å²) in [5.74, 6) is 0.508. The number of hydrogen-bond donors (Lipinski definition) is 2. The van der Waals surface area contributed by atoms with Crippen molar-refractivity contribution in [1.82, 2.24) is 29.8 Å². The third-order valence-electron chi connectivity index (χ3n) is 3.34.